The number of nitrogens with zero attached hydrogens (tertiary/aromatic N) is 1. The molecule has 1 aromatic carbocycles. The number of hydrogen-bond acceptors (Lipinski definition) is 3. The van der Waals surface area contributed by atoms with Crippen molar-refractivity contribution >= 4 is 0 Å². The Bertz CT molecular complexity index is 556. The van der Waals surface area contributed by atoms with E-state index in [0.717, 1.165) is 42.6 Å². The van der Waals surface area contributed by atoms with Gasteiger partial charge in [0.25, 0.3) is 0 Å². The van der Waals surface area contributed by atoms with Crippen LogP contribution in [-0.2, 0) is 0 Å². The molecule has 1 aromatic heterocycles. The molecule has 1 saturated carbocycles. The van der Waals surface area contributed by atoms with Gasteiger partial charge in [-0.2, -0.15) is 0 Å². The van der Waals surface area contributed by atoms with E-state index >= 15 is 0 Å². The second-order valence-corrected chi connectivity index (χ2v) is 5.32. The molecule has 2 unspecified atom stereocenters. The maximum Gasteiger partial charge on any atom is 0.120 e. The van der Waals surface area contributed by atoms with Crippen LogP contribution in [0.5, 0.6) is 5.75 Å². The maximum absolute atomic E-state index is 9.70. The third-order valence-corrected chi connectivity index (χ3v) is 3.75. The first-order valence-corrected chi connectivity index (χ1v) is 7.16. The summed E-state index contributed by atoms with van der Waals surface area (Å²) in [7, 11) is 0. The third-order valence-electron chi connectivity index (χ3n) is 3.75. The predicted octanol–water partition coefficient (Wildman–Crippen LogP) is 3.43. The van der Waals surface area contributed by atoms with Gasteiger partial charge in [-0.1, -0.05) is 12.1 Å². The Hall–Kier alpha value is -1.87. The minimum atomic E-state index is -0.211. The van der Waals surface area contributed by atoms with E-state index in [1.165, 1.54) is 0 Å². The normalized spacial score (nSPS) is 22.4. The summed E-state index contributed by atoms with van der Waals surface area (Å²) in [5, 5.41) is 9.70. The monoisotopic (exact) mass is 269 g/mol. The minimum Gasteiger partial charge on any atom is -0.490 e. The smallest absolute Gasteiger partial charge is 0.120 e. The number of hydrogen-bond donors (Lipinski definition) is 1. The van der Waals surface area contributed by atoms with Gasteiger partial charge in [-0.3, -0.25) is 4.98 Å². The van der Waals surface area contributed by atoms with Gasteiger partial charge in [0.2, 0.25) is 0 Å². The molecule has 2 atom stereocenters. The van der Waals surface area contributed by atoms with Crippen LogP contribution in [0.4, 0.5) is 0 Å². The summed E-state index contributed by atoms with van der Waals surface area (Å²) in [6.07, 6.45) is 7.20. The van der Waals surface area contributed by atoms with Gasteiger partial charge in [0.15, 0.2) is 0 Å². The van der Waals surface area contributed by atoms with Crippen LogP contribution in [0.1, 0.15) is 25.7 Å². The highest BCUT2D eigenvalue weighted by molar-refractivity contribution is 5.64. The van der Waals surface area contributed by atoms with Gasteiger partial charge < -0.3 is 9.84 Å². The fourth-order valence-electron chi connectivity index (χ4n) is 2.71. The van der Waals surface area contributed by atoms with Gasteiger partial charge in [-0.25, -0.2) is 0 Å². The van der Waals surface area contributed by atoms with Crippen molar-refractivity contribution in [3.05, 3.63) is 48.8 Å². The number of aromatic nitrogens is 1. The molecule has 3 rings (SSSR count). The fraction of sp³-hybridized carbons (Fsp3) is 0.353. The van der Waals surface area contributed by atoms with Crippen molar-refractivity contribution in [2.45, 2.75) is 37.9 Å². The molecule has 3 nitrogen and oxygen atoms in total. The van der Waals surface area contributed by atoms with E-state index in [0.29, 0.717) is 0 Å². The Morgan fingerprint density at radius 3 is 2.70 bits per heavy atom. The molecular weight excluding hydrogens is 250 g/mol. The van der Waals surface area contributed by atoms with Crippen LogP contribution in [-0.4, -0.2) is 22.3 Å². The SMILES string of the molecule is OC1CCCC(Oc2cccc(-c3ccncc3)c2)C1. The Labute approximate surface area is 119 Å². The summed E-state index contributed by atoms with van der Waals surface area (Å²) in [6.45, 7) is 0. The molecule has 0 radical (unpaired) electrons. The average Bonchev–Trinajstić information content (AvgIpc) is 2.48. The zero-order valence-corrected chi connectivity index (χ0v) is 11.4. The highest BCUT2D eigenvalue weighted by atomic mass is 16.5. The highest BCUT2D eigenvalue weighted by Crippen LogP contribution is 2.27. The molecule has 2 aromatic rings. The van der Waals surface area contributed by atoms with Crippen LogP contribution in [0.25, 0.3) is 11.1 Å². The molecule has 0 spiro atoms. The molecule has 0 aliphatic heterocycles. The maximum atomic E-state index is 9.70. The van der Waals surface area contributed by atoms with Crippen LogP contribution >= 0.6 is 0 Å². The van der Waals surface area contributed by atoms with Gasteiger partial charge in [0, 0.05) is 18.8 Å². The van der Waals surface area contributed by atoms with Crippen LogP contribution in [0.3, 0.4) is 0 Å². The summed E-state index contributed by atoms with van der Waals surface area (Å²) >= 11 is 0. The fourth-order valence-corrected chi connectivity index (χ4v) is 2.71. The van der Waals surface area contributed by atoms with Crippen LogP contribution in [0, 0.1) is 0 Å². The number of rotatable bonds is 3. The van der Waals surface area contributed by atoms with E-state index in [1.54, 1.807) is 12.4 Å². The number of pyridine rings is 1. The molecule has 1 aliphatic carbocycles. The highest BCUT2D eigenvalue weighted by Gasteiger charge is 2.21. The molecule has 0 amide bonds. The largest absolute Gasteiger partial charge is 0.490 e. The Morgan fingerprint density at radius 2 is 1.90 bits per heavy atom. The van der Waals surface area contributed by atoms with E-state index in [-0.39, 0.29) is 12.2 Å². The van der Waals surface area contributed by atoms with Crippen molar-refractivity contribution in [1.82, 2.24) is 4.98 Å². The van der Waals surface area contributed by atoms with Gasteiger partial charge >= 0.3 is 0 Å². The molecule has 0 bridgehead atoms. The summed E-state index contributed by atoms with van der Waals surface area (Å²) in [4.78, 5) is 4.04. The van der Waals surface area contributed by atoms with Crippen molar-refractivity contribution in [3.63, 3.8) is 0 Å². The lowest BCUT2D eigenvalue weighted by atomic mass is 9.95. The summed E-state index contributed by atoms with van der Waals surface area (Å²) in [6, 6.07) is 12.1. The molecule has 1 aliphatic rings. The molecule has 0 saturated heterocycles. The van der Waals surface area contributed by atoms with Crippen LogP contribution in [0.2, 0.25) is 0 Å². The number of ether oxygens (including phenoxy) is 1. The lowest BCUT2D eigenvalue weighted by Crippen LogP contribution is -2.28. The van der Waals surface area contributed by atoms with E-state index < -0.39 is 0 Å². The second-order valence-electron chi connectivity index (χ2n) is 5.32. The van der Waals surface area contributed by atoms with Crippen molar-refractivity contribution in [3.8, 4) is 16.9 Å². The lowest BCUT2D eigenvalue weighted by Gasteiger charge is -2.26. The lowest BCUT2D eigenvalue weighted by molar-refractivity contribution is 0.0537. The van der Waals surface area contributed by atoms with Crippen molar-refractivity contribution < 1.29 is 9.84 Å². The summed E-state index contributed by atoms with van der Waals surface area (Å²) < 4.78 is 6.01. The van der Waals surface area contributed by atoms with Crippen LogP contribution < -0.4 is 4.74 Å². The number of benzene rings is 1. The van der Waals surface area contributed by atoms with E-state index in [1.807, 2.05) is 24.3 Å². The molecule has 1 heterocycles. The standard InChI is InChI=1S/C17H19NO2/c19-15-4-2-6-17(12-15)20-16-5-1-3-14(11-16)13-7-9-18-10-8-13/h1,3,5,7-11,15,17,19H,2,4,6,12H2. The molecule has 1 N–H and O–H groups in total. The zero-order valence-electron chi connectivity index (χ0n) is 11.4. The van der Waals surface area contributed by atoms with E-state index in [4.69, 9.17) is 4.74 Å². The molecule has 1 fully saturated rings. The topological polar surface area (TPSA) is 42.4 Å². The minimum absolute atomic E-state index is 0.131. The van der Waals surface area contributed by atoms with Crippen LogP contribution in [0.15, 0.2) is 48.8 Å². The van der Waals surface area contributed by atoms with Crippen molar-refractivity contribution in [1.29, 1.82) is 0 Å². The number of aliphatic hydroxyl groups excluding tert-OH is 1. The Balaban J connectivity index is 1.74. The van der Waals surface area contributed by atoms with Gasteiger partial charge in [-0.05, 0) is 54.7 Å². The van der Waals surface area contributed by atoms with Crippen molar-refractivity contribution in [2.75, 3.05) is 0 Å². The quantitative estimate of drug-likeness (QED) is 0.928. The Morgan fingerprint density at radius 1 is 1.05 bits per heavy atom. The number of aliphatic hydroxyl groups is 1. The summed E-state index contributed by atoms with van der Waals surface area (Å²) in [5.41, 5.74) is 2.26. The predicted molar refractivity (Wildman–Crippen MR) is 78.6 cm³/mol. The Kier molecular flexibility index (Phi) is 3.97. The van der Waals surface area contributed by atoms with E-state index in [2.05, 4.69) is 17.1 Å². The third kappa shape index (κ3) is 3.17. The van der Waals surface area contributed by atoms with Gasteiger partial charge in [0.05, 0.1) is 6.10 Å². The van der Waals surface area contributed by atoms with Gasteiger partial charge in [0.1, 0.15) is 11.9 Å². The zero-order chi connectivity index (χ0) is 13.8. The molecule has 20 heavy (non-hydrogen) atoms. The molecule has 104 valence electrons. The first-order chi connectivity index (χ1) is 9.81. The second kappa shape index (κ2) is 6.06. The first kappa shape index (κ1) is 13.1. The summed E-state index contributed by atoms with van der Waals surface area (Å²) in [5.74, 6) is 0.874. The van der Waals surface area contributed by atoms with Gasteiger partial charge in [-0.15, -0.1) is 0 Å². The molecular formula is C17H19NO2. The van der Waals surface area contributed by atoms with Crippen molar-refractivity contribution in [2.24, 2.45) is 0 Å². The van der Waals surface area contributed by atoms with E-state index in [9.17, 15) is 5.11 Å². The average molecular weight is 269 g/mol. The first-order valence-electron chi connectivity index (χ1n) is 7.16. The molecule has 3 heteroatoms.